The Kier molecular flexibility index (Phi) is 4.00. The zero-order chi connectivity index (χ0) is 13.8. The number of urea groups is 1. The Labute approximate surface area is 114 Å². The van der Waals surface area contributed by atoms with Crippen LogP contribution < -0.4 is 15.5 Å². The molecule has 0 aliphatic heterocycles. The van der Waals surface area contributed by atoms with Gasteiger partial charge in [0.15, 0.2) is 0 Å². The number of amides is 2. The molecule has 2 N–H and O–H groups in total. The molecule has 2 aromatic rings. The summed E-state index contributed by atoms with van der Waals surface area (Å²) < 4.78 is 4.99. The first-order valence-corrected chi connectivity index (χ1v) is 6.47. The van der Waals surface area contributed by atoms with Crippen LogP contribution in [0.25, 0.3) is 0 Å². The van der Waals surface area contributed by atoms with Gasteiger partial charge >= 0.3 is 6.03 Å². The molecule has 0 unspecified atom stereocenters. The first-order valence-electron chi connectivity index (χ1n) is 5.66. The second kappa shape index (κ2) is 5.70. The molecule has 0 aliphatic carbocycles. The van der Waals surface area contributed by atoms with E-state index < -0.39 is 0 Å². The van der Waals surface area contributed by atoms with Crippen LogP contribution in [0.5, 0.6) is 0 Å². The maximum absolute atomic E-state index is 11.6. The highest BCUT2D eigenvalue weighted by atomic mass is 32.1. The number of anilines is 2. The normalized spacial score (nSPS) is 10.3. The zero-order valence-corrected chi connectivity index (χ0v) is 11.7. The van der Waals surface area contributed by atoms with E-state index in [1.54, 1.807) is 4.90 Å². The van der Waals surface area contributed by atoms with Crippen LogP contribution in [0.1, 0.15) is 10.8 Å². The summed E-state index contributed by atoms with van der Waals surface area (Å²) in [6.07, 6.45) is 0. The lowest BCUT2D eigenvalue weighted by atomic mass is 10.5. The fourth-order valence-electron chi connectivity index (χ4n) is 1.31. The summed E-state index contributed by atoms with van der Waals surface area (Å²) in [7, 11) is 3.63. The number of carbonyl (C=O) groups excluding carboxylic acids is 1. The van der Waals surface area contributed by atoms with Gasteiger partial charge in [0.05, 0.1) is 11.5 Å². The predicted octanol–water partition coefficient (Wildman–Crippen LogP) is 1.83. The van der Waals surface area contributed by atoms with Gasteiger partial charge in [-0.25, -0.2) is 4.79 Å². The number of hydrogen-bond acceptors (Lipinski definition) is 6. The summed E-state index contributed by atoms with van der Waals surface area (Å²) in [6, 6.07) is 3.50. The second-order valence-corrected chi connectivity index (χ2v) is 5.39. The molecule has 0 saturated heterocycles. The first kappa shape index (κ1) is 13.3. The molecule has 0 aliphatic rings. The summed E-state index contributed by atoms with van der Waals surface area (Å²) in [5, 5.41) is 9.93. The van der Waals surface area contributed by atoms with Crippen molar-refractivity contribution in [3.8, 4) is 0 Å². The van der Waals surface area contributed by atoms with Gasteiger partial charge in [0.1, 0.15) is 0 Å². The van der Waals surface area contributed by atoms with Crippen LogP contribution >= 0.6 is 11.3 Å². The molecule has 2 heterocycles. The Balaban J connectivity index is 1.82. The molecule has 19 heavy (non-hydrogen) atoms. The molecule has 0 bridgehead atoms. The molecule has 8 heteroatoms. The predicted molar refractivity (Wildman–Crippen MR) is 73.5 cm³/mol. The van der Waals surface area contributed by atoms with Gasteiger partial charge in [0, 0.05) is 19.0 Å². The largest absolute Gasteiger partial charge is 0.344 e. The molecule has 102 valence electrons. The Bertz CT molecular complexity index is 563. The third-order valence-corrected chi connectivity index (χ3v) is 3.15. The third-order valence-electron chi connectivity index (χ3n) is 2.23. The number of nitrogens with zero attached hydrogens (tertiary/aromatic N) is 3. The van der Waals surface area contributed by atoms with Crippen LogP contribution in [0, 0.1) is 6.92 Å². The van der Waals surface area contributed by atoms with Crippen LogP contribution in [0.2, 0.25) is 0 Å². The zero-order valence-electron chi connectivity index (χ0n) is 10.9. The molecule has 0 radical (unpaired) electrons. The number of aromatic nitrogens is 2. The van der Waals surface area contributed by atoms with E-state index in [1.807, 2.05) is 33.2 Å². The van der Waals surface area contributed by atoms with E-state index in [9.17, 15) is 4.79 Å². The van der Waals surface area contributed by atoms with Crippen LogP contribution in [0.15, 0.2) is 16.7 Å². The van der Waals surface area contributed by atoms with Crippen LogP contribution in [0.4, 0.5) is 15.7 Å². The summed E-state index contributed by atoms with van der Waals surface area (Å²) in [5.74, 6) is 0.840. The van der Waals surface area contributed by atoms with Crippen molar-refractivity contribution >= 4 is 28.3 Å². The average Bonchev–Trinajstić information content (AvgIpc) is 2.96. The molecule has 0 spiro atoms. The lowest BCUT2D eigenvalue weighted by Crippen LogP contribution is -2.27. The van der Waals surface area contributed by atoms with E-state index in [4.69, 9.17) is 4.52 Å². The third kappa shape index (κ3) is 3.68. The highest BCUT2D eigenvalue weighted by Gasteiger charge is 2.09. The fraction of sp³-hybridized carbons (Fsp3) is 0.364. The minimum absolute atomic E-state index is 0.191. The van der Waals surface area contributed by atoms with E-state index >= 15 is 0 Å². The monoisotopic (exact) mass is 281 g/mol. The molecule has 0 saturated carbocycles. The molecule has 2 rings (SSSR count). The van der Waals surface area contributed by atoms with Crippen LogP contribution in [-0.2, 0) is 6.54 Å². The highest BCUT2D eigenvalue weighted by Crippen LogP contribution is 2.20. The number of aryl methyl sites for hydroxylation is 1. The Morgan fingerprint density at radius 2 is 2.26 bits per heavy atom. The number of rotatable bonds is 4. The van der Waals surface area contributed by atoms with Crippen molar-refractivity contribution in [2.24, 2.45) is 0 Å². The Morgan fingerprint density at radius 3 is 2.84 bits per heavy atom. The van der Waals surface area contributed by atoms with Gasteiger partial charge in [0.2, 0.25) is 5.89 Å². The first-order chi connectivity index (χ1) is 9.04. The van der Waals surface area contributed by atoms with Gasteiger partial charge in [-0.05, 0) is 24.2 Å². The van der Waals surface area contributed by atoms with Gasteiger partial charge in [-0.2, -0.15) is 4.98 Å². The molecule has 0 fully saturated rings. The Hall–Kier alpha value is -2.09. The van der Waals surface area contributed by atoms with Gasteiger partial charge in [-0.15, -0.1) is 11.3 Å². The van der Waals surface area contributed by atoms with E-state index in [0.29, 0.717) is 11.8 Å². The summed E-state index contributed by atoms with van der Waals surface area (Å²) >= 11 is 1.52. The molecular formula is C11H15N5O2S. The fourth-order valence-corrected chi connectivity index (χ4v) is 2.08. The standard InChI is InChI=1S/C11H15N5O2S/c1-7-4-5-9(19-7)14-11(17)12-6-8-13-10(15-18-8)16(2)3/h4-5H,6H2,1-3H3,(H2,12,14,17). The van der Waals surface area contributed by atoms with E-state index in [1.165, 1.54) is 11.3 Å². The number of hydrogen-bond donors (Lipinski definition) is 2. The molecular weight excluding hydrogens is 266 g/mol. The van der Waals surface area contributed by atoms with Crippen molar-refractivity contribution in [2.75, 3.05) is 24.3 Å². The van der Waals surface area contributed by atoms with Crippen molar-refractivity contribution in [1.29, 1.82) is 0 Å². The van der Waals surface area contributed by atoms with Crippen LogP contribution in [-0.4, -0.2) is 30.3 Å². The van der Waals surface area contributed by atoms with E-state index in [2.05, 4.69) is 20.8 Å². The van der Waals surface area contributed by atoms with E-state index in [-0.39, 0.29) is 12.6 Å². The number of thiophene rings is 1. The lowest BCUT2D eigenvalue weighted by molar-refractivity contribution is 0.250. The summed E-state index contributed by atoms with van der Waals surface area (Å²) in [5.41, 5.74) is 0. The minimum Gasteiger partial charge on any atom is -0.344 e. The van der Waals surface area contributed by atoms with Gasteiger partial charge in [-0.1, -0.05) is 0 Å². The molecule has 0 aromatic carbocycles. The molecule has 2 amide bonds. The lowest BCUT2D eigenvalue weighted by Gasteiger charge is -2.03. The van der Waals surface area contributed by atoms with Crippen molar-refractivity contribution in [2.45, 2.75) is 13.5 Å². The SMILES string of the molecule is Cc1ccc(NC(=O)NCc2nc(N(C)C)no2)s1. The van der Waals surface area contributed by atoms with Crippen molar-refractivity contribution in [3.05, 3.63) is 22.9 Å². The smallest absolute Gasteiger partial charge is 0.320 e. The van der Waals surface area contributed by atoms with Crippen molar-refractivity contribution in [3.63, 3.8) is 0 Å². The maximum Gasteiger partial charge on any atom is 0.320 e. The Morgan fingerprint density at radius 1 is 1.47 bits per heavy atom. The highest BCUT2D eigenvalue weighted by molar-refractivity contribution is 7.16. The average molecular weight is 281 g/mol. The topological polar surface area (TPSA) is 83.3 Å². The second-order valence-electron chi connectivity index (χ2n) is 4.10. The number of nitrogens with one attached hydrogen (secondary N) is 2. The van der Waals surface area contributed by atoms with Crippen LogP contribution in [0.3, 0.4) is 0 Å². The van der Waals surface area contributed by atoms with Gasteiger partial charge < -0.3 is 14.7 Å². The number of carbonyl (C=O) groups is 1. The van der Waals surface area contributed by atoms with Crippen molar-refractivity contribution in [1.82, 2.24) is 15.5 Å². The molecule has 0 atom stereocenters. The van der Waals surface area contributed by atoms with Gasteiger partial charge in [-0.3, -0.25) is 5.32 Å². The summed E-state index contributed by atoms with van der Waals surface area (Å²) in [4.78, 5) is 18.6. The summed E-state index contributed by atoms with van der Waals surface area (Å²) in [6.45, 7) is 2.17. The minimum atomic E-state index is -0.300. The van der Waals surface area contributed by atoms with E-state index in [0.717, 1.165) is 9.88 Å². The van der Waals surface area contributed by atoms with Gasteiger partial charge in [0.25, 0.3) is 5.95 Å². The maximum atomic E-state index is 11.6. The molecule has 7 nitrogen and oxygen atoms in total. The van der Waals surface area contributed by atoms with Crippen molar-refractivity contribution < 1.29 is 9.32 Å². The molecule has 2 aromatic heterocycles. The quantitative estimate of drug-likeness (QED) is 0.893.